The number of aromatic nitrogens is 2. The van der Waals surface area contributed by atoms with Gasteiger partial charge in [-0.15, -0.1) is 0 Å². The molecule has 1 unspecified atom stereocenters. The highest BCUT2D eigenvalue weighted by Crippen LogP contribution is 2.33. The Hall–Kier alpha value is -0.940. The van der Waals surface area contributed by atoms with E-state index in [0.717, 1.165) is 12.8 Å². The number of nitrogens with one attached hydrogen (secondary N) is 1. The van der Waals surface area contributed by atoms with E-state index in [9.17, 15) is 4.79 Å². The van der Waals surface area contributed by atoms with Gasteiger partial charge in [0.25, 0.3) is 0 Å². The summed E-state index contributed by atoms with van der Waals surface area (Å²) in [5, 5.41) is 0. The van der Waals surface area contributed by atoms with Gasteiger partial charge in [0.1, 0.15) is 10.9 Å². The topological polar surface area (TPSA) is 47.0 Å². The third-order valence-electron chi connectivity index (χ3n) is 3.10. The number of aromatic amines is 1. The molecule has 0 amide bonds. The fourth-order valence-electron chi connectivity index (χ4n) is 2.19. The van der Waals surface area contributed by atoms with Gasteiger partial charge in [-0.05, 0) is 24.8 Å². The van der Waals surface area contributed by atoms with Crippen molar-refractivity contribution in [1.29, 1.82) is 0 Å². The molecule has 0 radical (unpaired) electrons. The molecule has 1 aromatic rings. The minimum Gasteiger partial charge on any atom is -0.354 e. The molecular formula is C11H16N2O2S. The Morgan fingerprint density at radius 3 is 3.00 bits per heavy atom. The molecule has 5 heteroatoms. The second-order valence-corrected chi connectivity index (χ2v) is 4.71. The summed E-state index contributed by atoms with van der Waals surface area (Å²) in [5.41, 5.74) is -0.193. The molecule has 0 saturated carbocycles. The predicted octanol–water partition coefficient (Wildman–Crippen LogP) is 2.24. The molecule has 1 saturated heterocycles. The van der Waals surface area contributed by atoms with Gasteiger partial charge in [-0.25, -0.2) is 4.79 Å². The Bertz CT molecular complexity index is 479. The Balaban J connectivity index is 2.27. The molecule has 88 valence electrons. The lowest BCUT2D eigenvalue weighted by Crippen LogP contribution is -2.26. The van der Waals surface area contributed by atoms with Crippen molar-refractivity contribution in [2.75, 3.05) is 0 Å². The minimum absolute atomic E-state index is 0.153. The van der Waals surface area contributed by atoms with Crippen LogP contribution in [-0.2, 0) is 4.74 Å². The molecule has 0 aliphatic carbocycles. The fraction of sp³-hybridized carbons (Fsp3) is 0.636. The van der Waals surface area contributed by atoms with Crippen LogP contribution in [0.3, 0.4) is 0 Å². The van der Waals surface area contributed by atoms with Crippen molar-refractivity contribution in [2.45, 2.75) is 39.0 Å². The van der Waals surface area contributed by atoms with Crippen LogP contribution in [-0.4, -0.2) is 15.7 Å². The van der Waals surface area contributed by atoms with Crippen LogP contribution in [0.1, 0.15) is 32.9 Å². The van der Waals surface area contributed by atoms with Crippen LogP contribution in [0.15, 0.2) is 17.1 Å². The number of hydrogen-bond donors (Lipinski definition) is 1. The van der Waals surface area contributed by atoms with Gasteiger partial charge in [0.05, 0.1) is 6.10 Å². The molecule has 16 heavy (non-hydrogen) atoms. The average molecular weight is 240 g/mol. The molecule has 2 rings (SSSR count). The predicted molar refractivity (Wildman–Crippen MR) is 63.9 cm³/mol. The van der Waals surface area contributed by atoms with E-state index in [1.165, 1.54) is 0 Å². The molecule has 4 nitrogen and oxygen atoms in total. The van der Waals surface area contributed by atoms with E-state index < -0.39 is 0 Å². The minimum atomic E-state index is -0.193. The lowest BCUT2D eigenvalue weighted by molar-refractivity contribution is -0.00755. The Morgan fingerprint density at radius 2 is 2.44 bits per heavy atom. The van der Waals surface area contributed by atoms with Gasteiger partial charge in [0.15, 0.2) is 0 Å². The summed E-state index contributed by atoms with van der Waals surface area (Å²) < 4.78 is 7.88. The second kappa shape index (κ2) is 4.51. The standard InChI is InChI=1S/C11H16N2O2S/c1-3-8-7(2)6-10(15-8)13-5-4-9(16)12-11(13)14/h4-5,7-8,10H,3,6H2,1-2H3,(H,12,14,16)/t7?,8-,10-/m0/s1. The number of ether oxygens (including phenoxy) is 1. The fourth-order valence-corrected chi connectivity index (χ4v) is 2.34. The quantitative estimate of drug-likeness (QED) is 0.806. The highest BCUT2D eigenvalue weighted by atomic mass is 32.1. The Labute approximate surface area is 99.3 Å². The Kier molecular flexibility index (Phi) is 3.25. The Morgan fingerprint density at radius 1 is 1.69 bits per heavy atom. The summed E-state index contributed by atoms with van der Waals surface area (Å²) in [6.45, 7) is 4.26. The van der Waals surface area contributed by atoms with Gasteiger partial charge in [-0.1, -0.05) is 26.1 Å². The maximum Gasteiger partial charge on any atom is 0.328 e. The summed E-state index contributed by atoms with van der Waals surface area (Å²) >= 11 is 4.89. The maximum atomic E-state index is 11.7. The largest absolute Gasteiger partial charge is 0.354 e. The van der Waals surface area contributed by atoms with E-state index in [-0.39, 0.29) is 18.0 Å². The first-order valence-corrected chi connectivity index (χ1v) is 5.99. The van der Waals surface area contributed by atoms with Gasteiger partial charge < -0.3 is 4.74 Å². The molecule has 2 heterocycles. The van der Waals surface area contributed by atoms with Crippen LogP contribution < -0.4 is 5.69 Å². The molecular weight excluding hydrogens is 224 g/mol. The molecule has 1 N–H and O–H groups in total. The molecule has 1 aliphatic rings. The summed E-state index contributed by atoms with van der Waals surface area (Å²) in [6, 6.07) is 1.71. The molecule has 1 fully saturated rings. The van der Waals surface area contributed by atoms with Gasteiger partial charge >= 0.3 is 5.69 Å². The summed E-state index contributed by atoms with van der Waals surface area (Å²) in [6.07, 6.45) is 3.66. The second-order valence-electron chi connectivity index (χ2n) is 4.27. The lowest BCUT2D eigenvalue weighted by atomic mass is 10.0. The molecule has 0 spiro atoms. The highest BCUT2D eigenvalue weighted by molar-refractivity contribution is 7.71. The lowest BCUT2D eigenvalue weighted by Gasteiger charge is -2.14. The van der Waals surface area contributed by atoms with E-state index >= 15 is 0 Å². The zero-order valence-corrected chi connectivity index (χ0v) is 10.3. The number of H-pyrrole nitrogens is 1. The number of nitrogens with zero attached hydrogens (tertiary/aromatic N) is 1. The first kappa shape index (κ1) is 11.5. The van der Waals surface area contributed by atoms with Gasteiger partial charge in [-0.3, -0.25) is 9.55 Å². The number of rotatable bonds is 2. The van der Waals surface area contributed by atoms with Crippen molar-refractivity contribution in [3.05, 3.63) is 27.4 Å². The first-order chi connectivity index (χ1) is 7.61. The van der Waals surface area contributed by atoms with Crippen molar-refractivity contribution in [2.24, 2.45) is 5.92 Å². The van der Waals surface area contributed by atoms with Crippen LogP contribution in [0.25, 0.3) is 0 Å². The van der Waals surface area contributed by atoms with Gasteiger partial charge in [0, 0.05) is 6.20 Å². The van der Waals surface area contributed by atoms with Crippen LogP contribution in [0.4, 0.5) is 0 Å². The monoisotopic (exact) mass is 240 g/mol. The summed E-state index contributed by atoms with van der Waals surface area (Å²) in [5.74, 6) is 0.491. The highest BCUT2D eigenvalue weighted by Gasteiger charge is 2.32. The molecule has 1 aliphatic heterocycles. The summed E-state index contributed by atoms with van der Waals surface area (Å²) in [4.78, 5) is 14.3. The van der Waals surface area contributed by atoms with E-state index in [2.05, 4.69) is 18.8 Å². The SMILES string of the molecule is CC[C@@H]1O[C@H](n2ccc(=S)[nH]c2=O)CC1C. The molecule has 0 bridgehead atoms. The first-order valence-electron chi connectivity index (χ1n) is 5.58. The summed E-state index contributed by atoms with van der Waals surface area (Å²) in [7, 11) is 0. The zero-order chi connectivity index (χ0) is 11.7. The molecule has 1 aromatic heterocycles. The normalized spacial score (nSPS) is 29.5. The van der Waals surface area contributed by atoms with Crippen molar-refractivity contribution in [3.8, 4) is 0 Å². The maximum absolute atomic E-state index is 11.7. The number of hydrogen-bond acceptors (Lipinski definition) is 3. The van der Waals surface area contributed by atoms with Gasteiger partial charge in [-0.2, -0.15) is 0 Å². The van der Waals surface area contributed by atoms with Crippen LogP contribution in [0, 0.1) is 10.6 Å². The van der Waals surface area contributed by atoms with E-state index in [1.54, 1.807) is 16.8 Å². The third-order valence-corrected chi connectivity index (χ3v) is 3.34. The van der Waals surface area contributed by atoms with E-state index in [0.29, 0.717) is 10.6 Å². The molecule has 0 aromatic carbocycles. The van der Waals surface area contributed by atoms with Crippen molar-refractivity contribution in [1.82, 2.24) is 9.55 Å². The van der Waals surface area contributed by atoms with Crippen LogP contribution >= 0.6 is 12.2 Å². The smallest absolute Gasteiger partial charge is 0.328 e. The van der Waals surface area contributed by atoms with Crippen molar-refractivity contribution < 1.29 is 4.74 Å². The van der Waals surface area contributed by atoms with E-state index in [4.69, 9.17) is 17.0 Å². The van der Waals surface area contributed by atoms with E-state index in [1.807, 2.05) is 0 Å². The van der Waals surface area contributed by atoms with Crippen molar-refractivity contribution >= 4 is 12.2 Å². The zero-order valence-electron chi connectivity index (χ0n) is 9.47. The van der Waals surface area contributed by atoms with Gasteiger partial charge in [0.2, 0.25) is 0 Å². The third kappa shape index (κ3) is 2.10. The van der Waals surface area contributed by atoms with Crippen LogP contribution in [0.2, 0.25) is 0 Å². The van der Waals surface area contributed by atoms with Crippen molar-refractivity contribution in [3.63, 3.8) is 0 Å². The molecule has 3 atom stereocenters. The van der Waals surface area contributed by atoms with Crippen LogP contribution in [0.5, 0.6) is 0 Å². The average Bonchev–Trinajstić information content (AvgIpc) is 2.59.